The highest BCUT2D eigenvalue weighted by atomic mass is 32.2. The van der Waals surface area contributed by atoms with Gasteiger partial charge in [-0.3, -0.25) is 10.1 Å². The van der Waals surface area contributed by atoms with E-state index >= 15 is 0 Å². The molecule has 1 aliphatic heterocycles. The number of sulfonamides is 1. The number of benzene rings is 1. The molecule has 0 saturated carbocycles. The number of aromatic nitrogens is 1. The van der Waals surface area contributed by atoms with E-state index in [1.54, 1.807) is 10.4 Å². The van der Waals surface area contributed by atoms with Crippen LogP contribution in [0.4, 0.5) is 11.5 Å². The van der Waals surface area contributed by atoms with Crippen LogP contribution in [0.2, 0.25) is 0 Å². The van der Waals surface area contributed by atoms with Gasteiger partial charge in [-0.2, -0.15) is 4.31 Å². The SMILES string of the molecule is CCN(C1CCN(c2ccc3cc([N+](=O)[O-])ccc3n2)CC1)S(C)(=O)=O. The summed E-state index contributed by atoms with van der Waals surface area (Å²) in [6.45, 7) is 3.79. The minimum absolute atomic E-state index is 0.0226. The standard InChI is InChI=1S/C17H22N4O4S/c1-3-20(26(2,24)25)14-8-10-19(11-9-14)17-7-4-13-12-15(21(22)23)5-6-16(13)18-17/h4-7,12,14H,3,8-11H2,1-2H3. The van der Waals surface area contributed by atoms with Gasteiger partial charge in [0.25, 0.3) is 5.69 Å². The fraction of sp³-hybridized carbons (Fsp3) is 0.471. The average Bonchev–Trinajstić information content (AvgIpc) is 2.60. The van der Waals surface area contributed by atoms with Crippen LogP contribution in [0.15, 0.2) is 30.3 Å². The van der Waals surface area contributed by atoms with Crippen molar-refractivity contribution < 1.29 is 13.3 Å². The number of nitro groups is 1. The second-order valence-corrected chi connectivity index (χ2v) is 8.42. The van der Waals surface area contributed by atoms with E-state index in [9.17, 15) is 18.5 Å². The summed E-state index contributed by atoms with van der Waals surface area (Å²) in [5.74, 6) is 0.812. The maximum Gasteiger partial charge on any atom is 0.270 e. The third-order valence-corrected chi connectivity index (χ3v) is 6.21. The largest absolute Gasteiger partial charge is 0.356 e. The van der Waals surface area contributed by atoms with E-state index in [2.05, 4.69) is 9.88 Å². The number of nitro benzene ring substituents is 1. The molecule has 0 unspecified atom stereocenters. The van der Waals surface area contributed by atoms with Crippen LogP contribution in [0.3, 0.4) is 0 Å². The summed E-state index contributed by atoms with van der Waals surface area (Å²) in [5.41, 5.74) is 0.759. The van der Waals surface area contributed by atoms with Crippen LogP contribution in [0.25, 0.3) is 10.9 Å². The molecule has 0 aliphatic carbocycles. The predicted octanol–water partition coefficient (Wildman–Crippen LogP) is 2.39. The van der Waals surface area contributed by atoms with Gasteiger partial charge in [0, 0.05) is 43.2 Å². The zero-order chi connectivity index (χ0) is 18.9. The summed E-state index contributed by atoms with van der Waals surface area (Å²) in [4.78, 5) is 17.2. The Morgan fingerprint density at radius 3 is 2.54 bits per heavy atom. The van der Waals surface area contributed by atoms with Crippen molar-refractivity contribution in [2.45, 2.75) is 25.8 Å². The van der Waals surface area contributed by atoms with Crippen molar-refractivity contribution in [1.82, 2.24) is 9.29 Å². The molecule has 9 heteroatoms. The van der Waals surface area contributed by atoms with Crippen molar-refractivity contribution in [3.05, 3.63) is 40.4 Å². The topological polar surface area (TPSA) is 96.7 Å². The van der Waals surface area contributed by atoms with Crippen LogP contribution in [0, 0.1) is 10.1 Å². The molecule has 2 heterocycles. The van der Waals surface area contributed by atoms with Crippen LogP contribution in [0.1, 0.15) is 19.8 Å². The molecule has 1 fully saturated rings. The molecule has 1 saturated heterocycles. The lowest BCUT2D eigenvalue weighted by atomic mass is 10.0. The maximum absolute atomic E-state index is 11.9. The molecule has 0 N–H and O–H groups in total. The van der Waals surface area contributed by atoms with E-state index in [1.165, 1.54) is 18.4 Å². The Hall–Kier alpha value is -2.26. The lowest BCUT2D eigenvalue weighted by Gasteiger charge is -2.37. The Balaban J connectivity index is 1.75. The van der Waals surface area contributed by atoms with Crippen LogP contribution in [0.5, 0.6) is 0 Å². The number of non-ortho nitro benzene ring substituents is 1. The van der Waals surface area contributed by atoms with E-state index < -0.39 is 14.9 Å². The first-order valence-corrected chi connectivity index (χ1v) is 10.4. The molecule has 0 bridgehead atoms. The maximum atomic E-state index is 11.9. The molecule has 3 rings (SSSR count). The van der Waals surface area contributed by atoms with Crippen molar-refractivity contribution in [2.24, 2.45) is 0 Å². The van der Waals surface area contributed by atoms with Crippen molar-refractivity contribution in [3.63, 3.8) is 0 Å². The van der Waals surface area contributed by atoms with Crippen LogP contribution >= 0.6 is 0 Å². The lowest BCUT2D eigenvalue weighted by Crippen LogP contribution is -2.47. The van der Waals surface area contributed by atoms with E-state index in [1.807, 2.05) is 19.1 Å². The normalized spacial score (nSPS) is 16.3. The highest BCUT2D eigenvalue weighted by molar-refractivity contribution is 7.88. The molecule has 1 aliphatic rings. The predicted molar refractivity (Wildman–Crippen MR) is 101 cm³/mol. The first-order chi connectivity index (χ1) is 12.3. The van der Waals surface area contributed by atoms with Gasteiger partial charge >= 0.3 is 0 Å². The number of rotatable bonds is 5. The third-order valence-electron chi connectivity index (χ3n) is 4.80. The van der Waals surface area contributed by atoms with Gasteiger partial charge in [-0.15, -0.1) is 0 Å². The molecule has 0 radical (unpaired) electrons. The zero-order valence-corrected chi connectivity index (χ0v) is 15.6. The monoisotopic (exact) mass is 378 g/mol. The van der Waals surface area contributed by atoms with Gasteiger partial charge in [0.15, 0.2) is 0 Å². The summed E-state index contributed by atoms with van der Waals surface area (Å²) in [6.07, 6.45) is 2.76. The third kappa shape index (κ3) is 3.78. The molecule has 1 aromatic heterocycles. The summed E-state index contributed by atoms with van der Waals surface area (Å²) < 4.78 is 25.3. The summed E-state index contributed by atoms with van der Waals surface area (Å²) in [7, 11) is -3.19. The van der Waals surface area contributed by atoms with E-state index in [0.717, 1.165) is 37.1 Å². The number of pyridine rings is 1. The molecule has 26 heavy (non-hydrogen) atoms. The van der Waals surface area contributed by atoms with Crippen molar-refractivity contribution in [3.8, 4) is 0 Å². The van der Waals surface area contributed by atoms with Crippen molar-refractivity contribution in [1.29, 1.82) is 0 Å². The first-order valence-electron chi connectivity index (χ1n) is 8.56. The number of hydrogen-bond acceptors (Lipinski definition) is 6. The Kier molecular flexibility index (Phi) is 5.10. The van der Waals surface area contributed by atoms with Gasteiger partial charge in [-0.1, -0.05) is 6.92 Å². The average molecular weight is 378 g/mol. The highest BCUT2D eigenvalue weighted by Gasteiger charge is 2.29. The summed E-state index contributed by atoms with van der Waals surface area (Å²) >= 11 is 0. The number of fused-ring (bicyclic) bond motifs is 1. The smallest absolute Gasteiger partial charge is 0.270 e. The fourth-order valence-electron chi connectivity index (χ4n) is 3.54. The van der Waals surface area contributed by atoms with Gasteiger partial charge in [0.2, 0.25) is 10.0 Å². The van der Waals surface area contributed by atoms with Crippen molar-refractivity contribution in [2.75, 3.05) is 30.8 Å². The summed E-state index contributed by atoms with van der Waals surface area (Å²) in [5, 5.41) is 11.6. The minimum atomic E-state index is -3.19. The molecule has 0 amide bonds. The first kappa shape index (κ1) is 18.5. The Morgan fingerprint density at radius 1 is 1.27 bits per heavy atom. The molecular formula is C17H22N4O4S. The summed E-state index contributed by atoms with van der Waals surface area (Å²) in [6, 6.07) is 8.35. The van der Waals surface area contributed by atoms with Crippen LogP contribution in [-0.2, 0) is 10.0 Å². The van der Waals surface area contributed by atoms with Gasteiger partial charge in [-0.05, 0) is 31.0 Å². The van der Waals surface area contributed by atoms with E-state index in [4.69, 9.17) is 0 Å². The van der Waals surface area contributed by atoms with E-state index in [-0.39, 0.29) is 11.7 Å². The molecule has 2 aromatic rings. The number of anilines is 1. The second-order valence-electron chi connectivity index (χ2n) is 6.49. The van der Waals surface area contributed by atoms with Crippen molar-refractivity contribution >= 4 is 32.4 Å². The van der Waals surface area contributed by atoms with Crippen LogP contribution in [-0.4, -0.2) is 54.6 Å². The van der Waals surface area contributed by atoms with Gasteiger partial charge in [0.1, 0.15) is 5.82 Å². The molecule has 140 valence electrons. The van der Waals surface area contributed by atoms with Gasteiger partial charge < -0.3 is 4.90 Å². The number of hydrogen-bond donors (Lipinski definition) is 0. The zero-order valence-electron chi connectivity index (χ0n) is 14.8. The lowest BCUT2D eigenvalue weighted by molar-refractivity contribution is -0.384. The van der Waals surface area contributed by atoms with E-state index in [0.29, 0.717) is 12.1 Å². The quantitative estimate of drug-likeness (QED) is 0.585. The van der Waals surface area contributed by atoms with Gasteiger partial charge in [-0.25, -0.2) is 13.4 Å². The molecule has 1 aromatic carbocycles. The molecular weight excluding hydrogens is 356 g/mol. The second kappa shape index (κ2) is 7.16. The highest BCUT2D eigenvalue weighted by Crippen LogP contribution is 2.26. The molecule has 8 nitrogen and oxygen atoms in total. The Bertz CT molecular complexity index is 924. The molecule has 0 spiro atoms. The minimum Gasteiger partial charge on any atom is -0.356 e. The van der Waals surface area contributed by atoms with Gasteiger partial charge in [0.05, 0.1) is 16.7 Å². The molecule has 0 atom stereocenters. The van der Waals surface area contributed by atoms with Crippen LogP contribution < -0.4 is 4.90 Å². The number of piperidine rings is 1. The Morgan fingerprint density at radius 2 is 1.96 bits per heavy atom. The number of nitrogens with zero attached hydrogens (tertiary/aromatic N) is 4. The fourth-order valence-corrected chi connectivity index (χ4v) is 4.76. The Labute approximate surface area is 152 Å².